The molecule has 1 rings (SSSR count). The van der Waals surface area contributed by atoms with Crippen LogP contribution in [0.3, 0.4) is 0 Å². The molecule has 1 atom stereocenters. The van der Waals surface area contributed by atoms with Gasteiger partial charge < -0.3 is 19.9 Å². The van der Waals surface area contributed by atoms with Gasteiger partial charge in [0.1, 0.15) is 17.5 Å². The van der Waals surface area contributed by atoms with Crippen LogP contribution in [-0.2, 0) is 4.79 Å². The SMILES string of the molecule is CCCCC(NC(=O)c1cc(OC)ccc1OC)C(=O)O. The average molecular weight is 295 g/mol. The summed E-state index contributed by atoms with van der Waals surface area (Å²) in [7, 11) is 2.94. The highest BCUT2D eigenvalue weighted by Crippen LogP contribution is 2.24. The quantitative estimate of drug-likeness (QED) is 0.767. The molecule has 0 heterocycles. The van der Waals surface area contributed by atoms with E-state index in [0.717, 1.165) is 12.8 Å². The highest BCUT2D eigenvalue weighted by molar-refractivity contribution is 5.99. The molecule has 6 nitrogen and oxygen atoms in total. The molecule has 2 N–H and O–H groups in total. The summed E-state index contributed by atoms with van der Waals surface area (Å²) in [5.41, 5.74) is 0.250. The first-order valence-corrected chi connectivity index (χ1v) is 6.79. The molecule has 0 spiro atoms. The second-order valence-electron chi connectivity index (χ2n) is 4.57. The smallest absolute Gasteiger partial charge is 0.326 e. The van der Waals surface area contributed by atoms with E-state index in [-0.39, 0.29) is 5.56 Å². The maximum Gasteiger partial charge on any atom is 0.326 e. The Labute approximate surface area is 124 Å². The summed E-state index contributed by atoms with van der Waals surface area (Å²) < 4.78 is 10.2. The predicted octanol–water partition coefficient (Wildman–Crippen LogP) is 2.08. The Bertz CT molecular complexity index is 501. The van der Waals surface area contributed by atoms with Crippen LogP contribution < -0.4 is 14.8 Å². The summed E-state index contributed by atoms with van der Waals surface area (Å²) in [5.74, 6) is -0.665. The minimum atomic E-state index is -1.04. The Hall–Kier alpha value is -2.24. The molecule has 0 aliphatic rings. The van der Waals surface area contributed by atoms with Gasteiger partial charge in [-0.05, 0) is 24.6 Å². The van der Waals surface area contributed by atoms with E-state index in [9.17, 15) is 9.59 Å². The molecule has 1 aromatic carbocycles. The molecular weight excluding hydrogens is 274 g/mol. The highest BCUT2D eigenvalue weighted by atomic mass is 16.5. The number of benzene rings is 1. The van der Waals surface area contributed by atoms with Crippen LogP contribution in [-0.4, -0.2) is 37.2 Å². The number of rotatable bonds is 8. The normalized spacial score (nSPS) is 11.6. The van der Waals surface area contributed by atoms with Crippen molar-refractivity contribution in [3.63, 3.8) is 0 Å². The zero-order valence-electron chi connectivity index (χ0n) is 12.5. The summed E-state index contributed by atoms with van der Waals surface area (Å²) in [6.07, 6.45) is 1.98. The molecule has 6 heteroatoms. The molecule has 0 aliphatic heterocycles. The molecule has 1 amide bonds. The monoisotopic (exact) mass is 295 g/mol. The molecule has 0 saturated carbocycles. The molecule has 1 aromatic rings. The fourth-order valence-corrected chi connectivity index (χ4v) is 1.89. The van der Waals surface area contributed by atoms with Crippen LogP contribution in [0.5, 0.6) is 11.5 Å². The third-order valence-corrected chi connectivity index (χ3v) is 3.10. The molecule has 0 aliphatic carbocycles. The van der Waals surface area contributed by atoms with Crippen molar-refractivity contribution in [1.29, 1.82) is 0 Å². The minimum Gasteiger partial charge on any atom is -0.497 e. The van der Waals surface area contributed by atoms with E-state index in [4.69, 9.17) is 14.6 Å². The van der Waals surface area contributed by atoms with Gasteiger partial charge in [-0.2, -0.15) is 0 Å². The number of nitrogens with one attached hydrogen (secondary N) is 1. The number of carboxylic acids is 1. The molecule has 0 saturated heterocycles. The number of hydrogen-bond acceptors (Lipinski definition) is 4. The van der Waals surface area contributed by atoms with Crippen LogP contribution >= 0.6 is 0 Å². The van der Waals surface area contributed by atoms with Crippen LogP contribution in [0.2, 0.25) is 0 Å². The van der Waals surface area contributed by atoms with Gasteiger partial charge in [0.25, 0.3) is 5.91 Å². The fraction of sp³-hybridized carbons (Fsp3) is 0.467. The first-order valence-electron chi connectivity index (χ1n) is 6.79. The lowest BCUT2D eigenvalue weighted by Crippen LogP contribution is -2.40. The van der Waals surface area contributed by atoms with Crippen LogP contribution in [0.4, 0.5) is 0 Å². The lowest BCUT2D eigenvalue weighted by Gasteiger charge is -2.16. The van der Waals surface area contributed by atoms with E-state index in [2.05, 4.69) is 5.32 Å². The largest absolute Gasteiger partial charge is 0.497 e. The number of carbonyl (C=O) groups is 2. The van der Waals surface area contributed by atoms with Crippen molar-refractivity contribution in [1.82, 2.24) is 5.32 Å². The molecule has 0 aromatic heterocycles. The van der Waals surface area contributed by atoms with Gasteiger partial charge >= 0.3 is 5.97 Å². The zero-order valence-corrected chi connectivity index (χ0v) is 12.5. The molecule has 0 bridgehead atoms. The first-order chi connectivity index (χ1) is 10.0. The van der Waals surface area contributed by atoms with Crippen LogP contribution in [0, 0.1) is 0 Å². The van der Waals surface area contributed by atoms with Crippen molar-refractivity contribution in [3.05, 3.63) is 23.8 Å². The maximum atomic E-state index is 12.3. The van der Waals surface area contributed by atoms with Crippen molar-refractivity contribution in [2.75, 3.05) is 14.2 Å². The Balaban J connectivity index is 2.93. The van der Waals surface area contributed by atoms with E-state index < -0.39 is 17.9 Å². The van der Waals surface area contributed by atoms with Gasteiger partial charge in [-0.15, -0.1) is 0 Å². The van der Waals surface area contributed by atoms with Crippen LogP contribution in [0.15, 0.2) is 18.2 Å². The highest BCUT2D eigenvalue weighted by Gasteiger charge is 2.22. The van der Waals surface area contributed by atoms with Crippen LogP contribution in [0.25, 0.3) is 0 Å². The summed E-state index contributed by atoms with van der Waals surface area (Å²) in [5, 5.41) is 11.7. The Morgan fingerprint density at radius 1 is 1.29 bits per heavy atom. The van der Waals surface area contributed by atoms with Gasteiger partial charge in [0.05, 0.1) is 19.8 Å². The fourth-order valence-electron chi connectivity index (χ4n) is 1.89. The topological polar surface area (TPSA) is 84.9 Å². The third kappa shape index (κ3) is 4.66. The van der Waals surface area contributed by atoms with Gasteiger partial charge in [0, 0.05) is 0 Å². The Kier molecular flexibility index (Phi) is 6.52. The number of unbranched alkanes of at least 4 members (excludes halogenated alkanes) is 1. The number of carboxylic acid groups (broad SMARTS) is 1. The molecule has 1 unspecified atom stereocenters. The van der Waals surface area contributed by atoms with E-state index >= 15 is 0 Å². The zero-order chi connectivity index (χ0) is 15.8. The van der Waals surface area contributed by atoms with E-state index in [1.807, 2.05) is 6.92 Å². The molecule has 0 radical (unpaired) electrons. The summed E-state index contributed by atoms with van der Waals surface area (Å²) in [6.45, 7) is 1.96. The van der Waals surface area contributed by atoms with Crippen molar-refractivity contribution >= 4 is 11.9 Å². The summed E-state index contributed by atoms with van der Waals surface area (Å²) >= 11 is 0. The number of methoxy groups -OCH3 is 2. The standard InChI is InChI=1S/C15H21NO5/c1-4-5-6-12(15(18)19)16-14(17)11-9-10(20-2)7-8-13(11)21-3/h7-9,12H,4-6H2,1-3H3,(H,16,17)(H,18,19). The molecule has 0 fully saturated rings. The predicted molar refractivity (Wildman–Crippen MR) is 78.0 cm³/mol. The molecular formula is C15H21NO5. The van der Waals surface area contributed by atoms with Gasteiger partial charge in [-0.3, -0.25) is 4.79 Å². The van der Waals surface area contributed by atoms with E-state index in [1.54, 1.807) is 12.1 Å². The van der Waals surface area contributed by atoms with E-state index in [0.29, 0.717) is 17.9 Å². The lowest BCUT2D eigenvalue weighted by molar-refractivity contribution is -0.139. The second-order valence-corrected chi connectivity index (χ2v) is 4.57. The van der Waals surface area contributed by atoms with Gasteiger partial charge in [0.2, 0.25) is 0 Å². The van der Waals surface area contributed by atoms with Crippen molar-refractivity contribution in [2.45, 2.75) is 32.2 Å². The van der Waals surface area contributed by atoms with Gasteiger partial charge in [0.15, 0.2) is 0 Å². The summed E-state index contributed by atoms with van der Waals surface area (Å²) in [6, 6.07) is 3.89. The molecule has 21 heavy (non-hydrogen) atoms. The Morgan fingerprint density at radius 3 is 2.52 bits per heavy atom. The van der Waals surface area contributed by atoms with E-state index in [1.165, 1.54) is 20.3 Å². The summed E-state index contributed by atoms with van der Waals surface area (Å²) in [4.78, 5) is 23.4. The number of aliphatic carboxylic acids is 1. The maximum absolute atomic E-state index is 12.3. The third-order valence-electron chi connectivity index (χ3n) is 3.10. The number of amides is 1. The molecule has 116 valence electrons. The van der Waals surface area contributed by atoms with Crippen LogP contribution in [0.1, 0.15) is 36.5 Å². The number of ether oxygens (including phenoxy) is 2. The average Bonchev–Trinajstić information content (AvgIpc) is 2.50. The Morgan fingerprint density at radius 2 is 2.00 bits per heavy atom. The van der Waals surface area contributed by atoms with Gasteiger partial charge in [-0.1, -0.05) is 19.8 Å². The second kappa shape index (κ2) is 8.14. The minimum absolute atomic E-state index is 0.250. The lowest BCUT2D eigenvalue weighted by atomic mass is 10.1. The number of carbonyl (C=O) groups excluding carboxylic acids is 1. The first kappa shape index (κ1) is 16.8. The van der Waals surface area contributed by atoms with Crippen molar-refractivity contribution in [2.24, 2.45) is 0 Å². The number of hydrogen-bond donors (Lipinski definition) is 2. The van der Waals surface area contributed by atoms with Crippen molar-refractivity contribution < 1.29 is 24.2 Å². The van der Waals surface area contributed by atoms with Gasteiger partial charge in [-0.25, -0.2) is 4.79 Å². The van der Waals surface area contributed by atoms with Crippen molar-refractivity contribution in [3.8, 4) is 11.5 Å².